The van der Waals surface area contributed by atoms with Crippen LogP contribution in [0.3, 0.4) is 0 Å². The summed E-state index contributed by atoms with van der Waals surface area (Å²) in [4.78, 5) is 24.8. The van der Waals surface area contributed by atoms with Gasteiger partial charge in [-0.3, -0.25) is 15.0 Å². The maximum Gasteiger partial charge on any atom is 0.282 e. The predicted molar refractivity (Wildman–Crippen MR) is 104 cm³/mol. The van der Waals surface area contributed by atoms with E-state index < -0.39 is 17.6 Å². The van der Waals surface area contributed by atoms with Crippen LogP contribution in [0.5, 0.6) is 0 Å². The van der Waals surface area contributed by atoms with Gasteiger partial charge in [0.2, 0.25) is 0 Å². The van der Waals surface area contributed by atoms with E-state index in [0.29, 0.717) is 16.5 Å². The first-order valence-electron chi connectivity index (χ1n) is 8.10. The Bertz CT molecular complexity index is 1120. The van der Waals surface area contributed by atoms with E-state index in [1.165, 1.54) is 18.2 Å². The van der Waals surface area contributed by atoms with E-state index in [1.807, 2.05) is 0 Å². The molecule has 0 unspecified atom stereocenters. The van der Waals surface area contributed by atoms with Gasteiger partial charge in [-0.25, -0.2) is 9.40 Å². The van der Waals surface area contributed by atoms with Crippen molar-refractivity contribution >= 4 is 46.8 Å². The quantitative estimate of drug-likeness (QED) is 0.490. The average molecular weight is 417 g/mol. The first kappa shape index (κ1) is 18.3. The first-order chi connectivity index (χ1) is 13.4. The first-order valence-corrected chi connectivity index (χ1v) is 8.86. The van der Waals surface area contributed by atoms with Crippen molar-refractivity contribution in [3.8, 4) is 11.3 Å². The van der Waals surface area contributed by atoms with Crippen LogP contribution in [0, 0.1) is 5.82 Å². The lowest BCUT2D eigenvalue weighted by Gasteiger charge is -2.14. The molecule has 0 radical (unpaired) electrons. The minimum Gasteiger partial charge on any atom is -0.457 e. The van der Waals surface area contributed by atoms with Crippen molar-refractivity contribution in [2.24, 2.45) is 0 Å². The van der Waals surface area contributed by atoms with Gasteiger partial charge in [-0.15, -0.1) is 0 Å². The number of amides is 2. The van der Waals surface area contributed by atoms with E-state index >= 15 is 0 Å². The molecular formula is C20H11Cl2FN2O3. The Balaban J connectivity index is 1.61. The minimum absolute atomic E-state index is 0.113. The molecule has 3 aromatic rings. The number of carbonyl (C=O) groups excluding carboxylic acids is 2. The Kier molecular flexibility index (Phi) is 4.66. The lowest BCUT2D eigenvalue weighted by molar-refractivity contribution is -0.117. The summed E-state index contributed by atoms with van der Waals surface area (Å²) < 4.78 is 19.0. The molecule has 1 aliphatic rings. The van der Waals surface area contributed by atoms with Crippen molar-refractivity contribution in [3.05, 3.63) is 81.8 Å². The molecule has 0 saturated carbocycles. The zero-order valence-electron chi connectivity index (χ0n) is 14.1. The lowest BCUT2D eigenvalue weighted by atomic mass is 10.2. The predicted octanol–water partition coefficient (Wildman–Crippen LogP) is 4.85. The Labute approximate surface area is 168 Å². The van der Waals surface area contributed by atoms with Crippen LogP contribution in [0.15, 0.2) is 64.6 Å². The van der Waals surface area contributed by atoms with Gasteiger partial charge in [0.1, 0.15) is 22.9 Å². The molecule has 1 fully saturated rings. The second-order valence-electron chi connectivity index (χ2n) is 5.95. The van der Waals surface area contributed by atoms with Crippen LogP contribution >= 0.6 is 23.2 Å². The van der Waals surface area contributed by atoms with Crippen LogP contribution in [0.4, 0.5) is 10.1 Å². The highest BCUT2D eigenvalue weighted by molar-refractivity contribution is 6.33. The zero-order valence-corrected chi connectivity index (χ0v) is 15.6. The normalized spacial score (nSPS) is 15.4. The van der Waals surface area contributed by atoms with Crippen LogP contribution in [-0.2, 0) is 9.59 Å². The van der Waals surface area contributed by atoms with Crippen molar-refractivity contribution in [1.29, 1.82) is 0 Å². The molecule has 1 aromatic heterocycles. The number of rotatable bonds is 3. The van der Waals surface area contributed by atoms with E-state index in [2.05, 4.69) is 5.43 Å². The van der Waals surface area contributed by atoms with Crippen LogP contribution in [-0.4, -0.2) is 11.8 Å². The molecule has 0 bridgehead atoms. The fourth-order valence-corrected chi connectivity index (χ4v) is 3.01. The molecule has 28 heavy (non-hydrogen) atoms. The number of halogens is 3. The fourth-order valence-electron chi connectivity index (χ4n) is 2.71. The van der Waals surface area contributed by atoms with Crippen LogP contribution in [0.25, 0.3) is 17.4 Å². The summed E-state index contributed by atoms with van der Waals surface area (Å²) in [6.45, 7) is 0. The number of carbonyl (C=O) groups is 2. The summed E-state index contributed by atoms with van der Waals surface area (Å²) in [5.41, 5.74) is 3.36. The Hall–Kier alpha value is -3.09. The van der Waals surface area contributed by atoms with Gasteiger partial charge in [0, 0.05) is 10.6 Å². The number of nitrogens with one attached hydrogen (secondary N) is 1. The Morgan fingerprint density at radius 3 is 2.46 bits per heavy atom. The van der Waals surface area contributed by atoms with Crippen molar-refractivity contribution in [3.63, 3.8) is 0 Å². The lowest BCUT2D eigenvalue weighted by Crippen LogP contribution is -2.35. The molecule has 1 aliphatic heterocycles. The molecular weight excluding hydrogens is 406 g/mol. The summed E-state index contributed by atoms with van der Waals surface area (Å²) in [6.07, 6.45) is 1.35. The zero-order chi connectivity index (χ0) is 19.8. The number of hydrogen-bond acceptors (Lipinski definition) is 3. The number of hydrogen-bond donors (Lipinski definition) is 1. The monoisotopic (exact) mass is 416 g/mol. The third-order valence-electron chi connectivity index (χ3n) is 4.09. The summed E-state index contributed by atoms with van der Waals surface area (Å²) in [5.74, 6) is -0.921. The Morgan fingerprint density at radius 2 is 1.75 bits per heavy atom. The standard InChI is InChI=1S/C20H11Cl2FN2O3/c21-12-3-1-11(2-4-12)18-8-6-14(28-18)10-15-19(26)24-25(20(15)27)13-5-7-17(23)16(22)9-13/h1-10H,(H,24,26)/b15-10-. The molecule has 5 nitrogen and oxygen atoms in total. The molecule has 0 aliphatic carbocycles. The van der Waals surface area contributed by atoms with Gasteiger partial charge in [-0.05, 0) is 60.7 Å². The van der Waals surface area contributed by atoms with Gasteiger partial charge in [0.05, 0.1) is 10.7 Å². The van der Waals surface area contributed by atoms with Gasteiger partial charge < -0.3 is 4.42 Å². The topological polar surface area (TPSA) is 62.6 Å². The Morgan fingerprint density at radius 1 is 1.00 bits per heavy atom. The SMILES string of the molecule is O=C1NN(c2ccc(F)c(Cl)c2)C(=O)/C1=C\c1ccc(-c2ccc(Cl)cc2)o1. The molecule has 1 N–H and O–H groups in total. The van der Waals surface area contributed by atoms with Gasteiger partial charge in [-0.1, -0.05) is 23.2 Å². The van der Waals surface area contributed by atoms with E-state index in [1.54, 1.807) is 36.4 Å². The molecule has 8 heteroatoms. The number of nitrogens with zero attached hydrogens (tertiary/aromatic N) is 1. The third-order valence-corrected chi connectivity index (χ3v) is 4.64. The van der Waals surface area contributed by atoms with Crippen molar-refractivity contribution in [2.75, 3.05) is 5.01 Å². The maximum atomic E-state index is 13.3. The van der Waals surface area contributed by atoms with Gasteiger partial charge in [0.25, 0.3) is 11.8 Å². The number of anilines is 1. The average Bonchev–Trinajstić information content (AvgIpc) is 3.25. The molecule has 0 atom stereocenters. The minimum atomic E-state index is -0.621. The van der Waals surface area contributed by atoms with E-state index in [0.717, 1.165) is 16.6 Å². The second kappa shape index (κ2) is 7.14. The third kappa shape index (κ3) is 3.40. The fraction of sp³-hybridized carbons (Fsp3) is 0. The maximum absolute atomic E-state index is 13.3. The summed E-state index contributed by atoms with van der Waals surface area (Å²) in [7, 11) is 0. The molecule has 2 aromatic carbocycles. The highest BCUT2D eigenvalue weighted by atomic mass is 35.5. The van der Waals surface area contributed by atoms with Crippen molar-refractivity contribution in [2.45, 2.75) is 0 Å². The number of hydrazine groups is 1. The summed E-state index contributed by atoms with van der Waals surface area (Å²) >= 11 is 11.6. The molecule has 2 amide bonds. The second-order valence-corrected chi connectivity index (χ2v) is 6.79. The van der Waals surface area contributed by atoms with E-state index in [-0.39, 0.29) is 16.3 Å². The molecule has 4 rings (SSSR count). The molecule has 0 spiro atoms. The number of furan rings is 1. The molecule has 2 heterocycles. The van der Waals surface area contributed by atoms with Gasteiger partial charge in [0.15, 0.2) is 0 Å². The van der Waals surface area contributed by atoms with E-state index in [9.17, 15) is 14.0 Å². The highest BCUT2D eigenvalue weighted by Crippen LogP contribution is 2.28. The van der Waals surface area contributed by atoms with Crippen LogP contribution < -0.4 is 10.4 Å². The van der Waals surface area contributed by atoms with Crippen LogP contribution in [0.1, 0.15) is 5.76 Å². The number of benzene rings is 2. The summed E-state index contributed by atoms with van der Waals surface area (Å²) in [5, 5.41) is 1.45. The van der Waals surface area contributed by atoms with Gasteiger partial charge in [-0.2, -0.15) is 0 Å². The van der Waals surface area contributed by atoms with E-state index in [4.69, 9.17) is 27.6 Å². The van der Waals surface area contributed by atoms with Crippen LogP contribution in [0.2, 0.25) is 10.0 Å². The van der Waals surface area contributed by atoms with Crippen molar-refractivity contribution < 1.29 is 18.4 Å². The smallest absolute Gasteiger partial charge is 0.282 e. The molecule has 1 saturated heterocycles. The largest absolute Gasteiger partial charge is 0.457 e. The van der Waals surface area contributed by atoms with Crippen molar-refractivity contribution in [1.82, 2.24) is 5.43 Å². The van der Waals surface area contributed by atoms with Gasteiger partial charge >= 0.3 is 0 Å². The highest BCUT2D eigenvalue weighted by Gasteiger charge is 2.35. The molecule has 140 valence electrons. The summed E-state index contributed by atoms with van der Waals surface area (Å²) in [6, 6.07) is 14.1.